The van der Waals surface area contributed by atoms with E-state index < -0.39 is 24.5 Å². The standard InChI is InChI=1S/C16H20N2O4S/c1-11(2)17-16(21)18-14(19)10-22-15(20)9-6-12-4-7-13(23-3)8-5-12/h4-9,11H,10H2,1-3H3,(H2,17,18,19,21)/b9-6+. The normalized spacial score (nSPS) is 10.6. The topological polar surface area (TPSA) is 84.5 Å². The minimum absolute atomic E-state index is 0.0919. The average Bonchev–Trinajstić information content (AvgIpc) is 2.50. The molecule has 0 fully saturated rings. The molecule has 0 aliphatic rings. The highest BCUT2D eigenvalue weighted by Gasteiger charge is 2.10. The maximum absolute atomic E-state index is 11.5. The second-order valence-corrected chi connectivity index (χ2v) is 5.77. The Hall–Kier alpha value is -2.28. The molecule has 0 aromatic heterocycles. The summed E-state index contributed by atoms with van der Waals surface area (Å²) in [5.74, 6) is -1.34. The van der Waals surface area contributed by atoms with Crippen molar-refractivity contribution in [1.82, 2.24) is 10.6 Å². The summed E-state index contributed by atoms with van der Waals surface area (Å²) in [6.45, 7) is 3.02. The fourth-order valence-corrected chi connectivity index (χ4v) is 1.93. The summed E-state index contributed by atoms with van der Waals surface area (Å²) >= 11 is 1.63. The highest BCUT2D eigenvalue weighted by atomic mass is 32.2. The van der Waals surface area contributed by atoms with Gasteiger partial charge in [0.15, 0.2) is 6.61 Å². The second-order valence-electron chi connectivity index (χ2n) is 4.89. The Bertz CT molecular complexity index is 582. The summed E-state index contributed by atoms with van der Waals surface area (Å²) in [5.41, 5.74) is 0.848. The summed E-state index contributed by atoms with van der Waals surface area (Å²) in [4.78, 5) is 35.3. The van der Waals surface area contributed by atoms with Crippen molar-refractivity contribution in [1.29, 1.82) is 0 Å². The van der Waals surface area contributed by atoms with Gasteiger partial charge >= 0.3 is 12.0 Å². The predicted molar refractivity (Wildman–Crippen MR) is 90.0 cm³/mol. The van der Waals surface area contributed by atoms with Crippen LogP contribution in [0.5, 0.6) is 0 Å². The van der Waals surface area contributed by atoms with Gasteiger partial charge in [-0.25, -0.2) is 9.59 Å². The van der Waals surface area contributed by atoms with Gasteiger partial charge in [-0.3, -0.25) is 10.1 Å². The van der Waals surface area contributed by atoms with Crippen molar-refractivity contribution in [3.8, 4) is 0 Å². The average molecular weight is 336 g/mol. The van der Waals surface area contributed by atoms with Crippen molar-refractivity contribution < 1.29 is 19.1 Å². The van der Waals surface area contributed by atoms with E-state index in [0.717, 1.165) is 10.5 Å². The highest BCUT2D eigenvalue weighted by molar-refractivity contribution is 7.98. The summed E-state index contributed by atoms with van der Waals surface area (Å²) < 4.78 is 4.75. The van der Waals surface area contributed by atoms with Crippen LogP contribution in [-0.4, -0.2) is 36.8 Å². The van der Waals surface area contributed by atoms with E-state index in [9.17, 15) is 14.4 Å². The number of rotatable bonds is 6. The lowest BCUT2D eigenvalue weighted by Crippen LogP contribution is -2.43. The molecular weight excluding hydrogens is 316 g/mol. The van der Waals surface area contributed by atoms with E-state index >= 15 is 0 Å². The van der Waals surface area contributed by atoms with Crippen LogP contribution in [0.1, 0.15) is 19.4 Å². The van der Waals surface area contributed by atoms with E-state index in [1.165, 1.54) is 6.08 Å². The number of ether oxygens (including phenoxy) is 1. The Balaban J connectivity index is 2.36. The number of carbonyl (C=O) groups is 3. The molecule has 7 heteroatoms. The maximum atomic E-state index is 11.5. The van der Waals surface area contributed by atoms with Gasteiger partial charge in [-0.05, 0) is 43.9 Å². The molecular formula is C16H20N2O4S. The molecule has 0 aliphatic heterocycles. The zero-order valence-electron chi connectivity index (χ0n) is 13.3. The smallest absolute Gasteiger partial charge is 0.331 e. The highest BCUT2D eigenvalue weighted by Crippen LogP contribution is 2.15. The molecule has 1 aromatic carbocycles. The third kappa shape index (κ3) is 8.06. The number of hydrogen-bond donors (Lipinski definition) is 2. The third-order valence-corrected chi connectivity index (χ3v) is 3.29. The van der Waals surface area contributed by atoms with Crippen LogP contribution in [0, 0.1) is 0 Å². The summed E-state index contributed by atoms with van der Waals surface area (Å²) in [6.07, 6.45) is 4.81. The van der Waals surface area contributed by atoms with E-state index in [1.807, 2.05) is 30.5 Å². The van der Waals surface area contributed by atoms with E-state index in [4.69, 9.17) is 4.74 Å². The van der Waals surface area contributed by atoms with Crippen LogP contribution in [0.25, 0.3) is 6.08 Å². The fraction of sp³-hybridized carbons (Fsp3) is 0.312. The SMILES string of the molecule is CSc1ccc(/C=C/C(=O)OCC(=O)NC(=O)NC(C)C)cc1. The van der Waals surface area contributed by atoms with E-state index in [2.05, 4.69) is 10.6 Å². The van der Waals surface area contributed by atoms with Gasteiger partial charge in [-0.2, -0.15) is 0 Å². The summed E-state index contributed by atoms with van der Waals surface area (Å²) in [7, 11) is 0. The number of urea groups is 1. The number of hydrogen-bond acceptors (Lipinski definition) is 5. The summed E-state index contributed by atoms with van der Waals surface area (Å²) in [6, 6.07) is 6.92. The van der Waals surface area contributed by atoms with Crippen LogP contribution in [0.3, 0.4) is 0 Å². The Morgan fingerprint density at radius 1 is 1.22 bits per heavy atom. The van der Waals surface area contributed by atoms with Crippen LogP contribution in [0.4, 0.5) is 4.79 Å². The molecule has 6 nitrogen and oxygen atoms in total. The molecule has 0 radical (unpaired) electrons. The number of benzene rings is 1. The quantitative estimate of drug-likeness (QED) is 0.473. The molecule has 0 bridgehead atoms. The molecule has 23 heavy (non-hydrogen) atoms. The van der Waals surface area contributed by atoms with Gasteiger partial charge < -0.3 is 10.1 Å². The Labute approximate surface area is 139 Å². The van der Waals surface area contributed by atoms with E-state index in [0.29, 0.717) is 0 Å². The Kier molecular flexibility index (Phi) is 7.90. The number of nitrogens with one attached hydrogen (secondary N) is 2. The van der Waals surface area contributed by atoms with Crippen molar-refractivity contribution in [2.45, 2.75) is 24.8 Å². The van der Waals surface area contributed by atoms with Crippen molar-refractivity contribution in [3.63, 3.8) is 0 Å². The third-order valence-electron chi connectivity index (χ3n) is 2.55. The molecule has 3 amide bonds. The number of esters is 1. The van der Waals surface area contributed by atoms with Crippen molar-refractivity contribution in [2.24, 2.45) is 0 Å². The second kappa shape index (κ2) is 9.68. The van der Waals surface area contributed by atoms with Crippen molar-refractivity contribution in [3.05, 3.63) is 35.9 Å². The molecule has 2 N–H and O–H groups in total. The molecule has 0 aliphatic carbocycles. The number of amides is 3. The molecule has 0 saturated heterocycles. The lowest BCUT2D eigenvalue weighted by atomic mass is 10.2. The molecule has 0 heterocycles. The Morgan fingerprint density at radius 3 is 2.43 bits per heavy atom. The first-order valence-electron chi connectivity index (χ1n) is 7.00. The van der Waals surface area contributed by atoms with Gasteiger partial charge in [-0.15, -0.1) is 11.8 Å². The fourth-order valence-electron chi connectivity index (χ4n) is 1.53. The van der Waals surface area contributed by atoms with Crippen LogP contribution < -0.4 is 10.6 Å². The van der Waals surface area contributed by atoms with Crippen LogP contribution in [0.2, 0.25) is 0 Å². The minimum Gasteiger partial charge on any atom is -0.452 e. The maximum Gasteiger partial charge on any atom is 0.331 e. The lowest BCUT2D eigenvalue weighted by molar-refractivity contribution is -0.143. The largest absolute Gasteiger partial charge is 0.452 e. The number of carbonyl (C=O) groups excluding carboxylic acids is 3. The van der Waals surface area contributed by atoms with Gasteiger partial charge in [0.05, 0.1) is 0 Å². The van der Waals surface area contributed by atoms with Gasteiger partial charge in [0, 0.05) is 17.0 Å². The minimum atomic E-state index is -0.686. The first-order valence-corrected chi connectivity index (χ1v) is 8.22. The molecule has 0 saturated carbocycles. The van der Waals surface area contributed by atoms with Crippen LogP contribution >= 0.6 is 11.8 Å². The van der Waals surface area contributed by atoms with Crippen LogP contribution in [0.15, 0.2) is 35.2 Å². The monoisotopic (exact) mass is 336 g/mol. The first kappa shape index (κ1) is 18.8. The Morgan fingerprint density at radius 2 is 1.87 bits per heavy atom. The van der Waals surface area contributed by atoms with Gasteiger partial charge in [0.25, 0.3) is 5.91 Å². The van der Waals surface area contributed by atoms with Crippen molar-refractivity contribution in [2.75, 3.05) is 12.9 Å². The molecule has 124 valence electrons. The predicted octanol–water partition coefficient (Wildman–Crippen LogP) is 2.20. The van der Waals surface area contributed by atoms with Gasteiger partial charge in [-0.1, -0.05) is 12.1 Å². The van der Waals surface area contributed by atoms with Gasteiger partial charge in [0.1, 0.15) is 0 Å². The molecule has 1 aromatic rings. The molecule has 0 spiro atoms. The van der Waals surface area contributed by atoms with E-state index in [1.54, 1.807) is 31.7 Å². The van der Waals surface area contributed by atoms with Crippen molar-refractivity contribution >= 4 is 35.7 Å². The number of thioether (sulfide) groups is 1. The lowest BCUT2D eigenvalue weighted by Gasteiger charge is -2.08. The van der Waals surface area contributed by atoms with Crippen LogP contribution in [-0.2, 0) is 14.3 Å². The molecule has 1 rings (SSSR count). The zero-order valence-corrected chi connectivity index (χ0v) is 14.1. The van der Waals surface area contributed by atoms with E-state index in [-0.39, 0.29) is 6.04 Å². The summed E-state index contributed by atoms with van der Waals surface area (Å²) in [5, 5.41) is 4.55. The molecule has 0 atom stereocenters. The first-order chi connectivity index (χ1) is 10.9. The molecule has 0 unspecified atom stereocenters. The zero-order chi connectivity index (χ0) is 17.2. The van der Waals surface area contributed by atoms with Gasteiger partial charge in [0.2, 0.25) is 0 Å². The number of imide groups is 1.